The smallest absolute Gasteiger partial charge is 0.216 e. The molecule has 0 unspecified atom stereocenters. The van der Waals surface area contributed by atoms with Gasteiger partial charge in [-0.3, -0.25) is 0 Å². The lowest BCUT2D eigenvalue weighted by atomic mass is 9.95. The van der Waals surface area contributed by atoms with Gasteiger partial charge in [-0.05, 0) is 6.07 Å². The van der Waals surface area contributed by atoms with Crippen LogP contribution < -0.4 is 10.1 Å². The van der Waals surface area contributed by atoms with Crippen molar-refractivity contribution in [3.05, 3.63) is 23.9 Å². The molecule has 1 aromatic rings. The van der Waals surface area contributed by atoms with E-state index in [0.29, 0.717) is 5.92 Å². The molecule has 0 saturated carbocycles. The van der Waals surface area contributed by atoms with Crippen molar-refractivity contribution in [1.29, 1.82) is 0 Å². The quantitative estimate of drug-likeness (QED) is 0.779. The van der Waals surface area contributed by atoms with E-state index in [9.17, 15) is 0 Å². The van der Waals surface area contributed by atoms with E-state index in [-0.39, 0.29) is 12.4 Å². The molecule has 2 rings (SSSR count). The average Bonchev–Trinajstić information content (AvgIpc) is 2.02. The van der Waals surface area contributed by atoms with Gasteiger partial charge in [0, 0.05) is 30.8 Å². The molecular weight excluding hydrogens is 188 g/mol. The number of hydrogen-bond acceptors (Lipinski definition) is 3. The van der Waals surface area contributed by atoms with Gasteiger partial charge in [0.25, 0.3) is 0 Å². The molecule has 0 amide bonds. The fourth-order valence-corrected chi connectivity index (χ4v) is 1.39. The Morgan fingerprint density at radius 3 is 2.85 bits per heavy atom. The van der Waals surface area contributed by atoms with Gasteiger partial charge in [-0.25, -0.2) is 4.98 Å². The van der Waals surface area contributed by atoms with Crippen LogP contribution in [0.2, 0.25) is 0 Å². The standard InChI is InChI=1S/C9H12N2O.ClH/c1-12-9-8(3-2-4-11-9)7-5-10-6-7;/h2-4,7,10H,5-6H2,1H3;1H. The summed E-state index contributed by atoms with van der Waals surface area (Å²) in [6.45, 7) is 2.09. The van der Waals surface area contributed by atoms with Crippen molar-refractivity contribution < 1.29 is 4.74 Å². The summed E-state index contributed by atoms with van der Waals surface area (Å²) in [5.74, 6) is 1.36. The van der Waals surface area contributed by atoms with Gasteiger partial charge >= 0.3 is 0 Å². The summed E-state index contributed by atoms with van der Waals surface area (Å²) < 4.78 is 5.16. The summed E-state index contributed by atoms with van der Waals surface area (Å²) in [5, 5.41) is 3.23. The van der Waals surface area contributed by atoms with Crippen molar-refractivity contribution in [3.8, 4) is 5.88 Å². The zero-order chi connectivity index (χ0) is 8.39. The Labute approximate surface area is 83.9 Å². The minimum absolute atomic E-state index is 0. The topological polar surface area (TPSA) is 34.1 Å². The highest BCUT2D eigenvalue weighted by Crippen LogP contribution is 2.26. The van der Waals surface area contributed by atoms with Gasteiger partial charge in [0.1, 0.15) is 0 Å². The van der Waals surface area contributed by atoms with Crippen molar-refractivity contribution in [2.24, 2.45) is 0 Å². The molecule has 0 spiro atoms. The van der Waals surface area contributed by atoms with Gasteiger partial charge in [-0.2, -0.15) is 0 Å². The number of aromatic nitrogens is 1. The molecule has 0 atom stereocenters. The molecule has 0 bridgehead atoms. The molecule has 4 heteroatoms. The van der Waals surface area contributed by atoms with E-state index in [1.54, 1.807) is 13.3 Å². The zero-order valence-electron chi connectivity index (χ0n) is 7.49. The molecular formula is C9H13ClN2O. The van der Waals surface area contributed by atoms with E-state index in [1.807, 2.05) is 6.07 Å². The molecule has 0 aromatic carbocycles. The number of methoxy groups -OCH3 is 1. The van der Waals surface area contributed by atoms with E-state index in [2.05, 4.69) is 16.4 Å². The van der Waals surface area contributed by atoms with E-state index >= 15 is 0 Å². The number of ether oxygens (including phenoxy) is 1. The third-order valence-electron chi connectivity index (χ3n) is 2.22. The molecule has 1 aliphatic rings. The van der Waals surface area contributed by atoms with E-state index in [1.165, 1.54) is 5.56 Å². The fourth-order valence-electron chi connectivity index (χ4n) is 1.39. The van der Waals surface area contributed by atoms with Crippen LogP contribution >= 0.6 is 12.4 Å². The van der Waals surface area contributed by atoms with Crippen molar-refractivity contribution in [3.63, 3.8) is 0 Å². The lowest BCUT2D eigenvalue weighted by molar-refractivity contribution is 0.371. The molecule has 1 aromatic heterocycles. The fraction of sp³-hybridized carbons (Fsp3) is 0.444. The van der Waals surface area contributed by atoms with E-state index in [4.69, 9.17) is 4.74 Å². The third-order valence-corrected chi connectivity index (χ3v) is 2.22. The molecule has 13 heavy (non-hydrogen) atoms. The van der Waals surface area contributed by atoms with Gasteiger partial charge in [0.15, 0.2) is 0 Å². The maximum absolute atomic E-state index is 5.16. The van der Waals surface area contributed by atoms with Gasteiger partial charge in [0.05, 0.1) is 7.11 Å². The summed E-state index contributed by atoms with van der Waals surface area (Å²) >= 11 is 0. The number of rotatable bonds is 2. The largest absolute Gasteiger partial charge is 0.481 e. The predicted molar refractivity (Wildman–Crippen MR) is 53.6 cm³/mol. The maximum Gasteiger partial charge on any atom is 0.216 e. The van der Waals surface area contributed by atoms with Crippen LogP contribution in [0, 0.1) is 0 Å². The molecule has 1 saturated heterocycles. The molecule has 0 aliphatic carbocycles. The number of nitrogens with zero attached hydrogens (tertiary/aromatic N) is 1. The molecule has 1 aliphatic heterocycles. The molecule has 1 fully saturated rings. The first-order chi connectivity index (χ1) is 5.92. The number of nitrogens with one attached hydrogen (secondary N) is 1. The Balaban J connectivity index is 0.000000845. The van der Waals surface area contributed by atoms with Crippen LogP contribution in [0.15, 0.2) is 18.3 Å². The zero-order valence-corrected chi connectivity index (χ0v) is 8.30. The van der Waals surface area contributed by atoms with E-state index in [0.717, 1.165) is 19.0 Å². The van der Waals surface area contributed by atoms with Crippen molar-refractivity contribution in [1.82, 2.24) is 10.3 Å². The Bertz CT molecular complexity index is 276. The van der Waals surface area contributed by atoms with E-state index < -0.39 is 0 Å². The molecule has 3 nitrogen and oxygen atoms in total. The van der Waals surface area contributed by atoms with Crippen molar-refractivity contribution in [2.75, 3.05) is 20.2 Å². The highest BCUT2D eigenvalue weighted by atomic mass is 35.5. The van der Waals surface area contributed by atoms with Gasteiger partial charge in [-0.1, -0.05) is 6.07 Å². The van der Waals surface area contributed by atoms with Crippen LogP contribution in [0.25, 0.3) is 0 Å². The van der Waals surface area contributed by atoms with Gasteiger partial charge in [0.2, 0.25) is 5.88 Å². The first kappa shape index (κ1) is 10.3. The number of pyridine rings is 1. The molecule has 0 radical (unpaired) electrons. The Morgan fingerprint density at radius 1 is 1.54 bits per heavy atom. The van der Waals surface area contributed by atoms with Crippen molar-refractivity contribution >= 4 is 12.4 Å². The number of hydrogen-bond donors (Lipinski definition) is 1. The van der Waals surface area contributed by atoms with Crippen LogP contribution in [0.3, 0.4) is 0 Å². The van der Waals surface area contributed by atoms with Crippen LogP contribution in [-0.4, -0.2) is 25.2 Å². The normalized spacial score (nSPS) is 15.8. The first-order valence-electron chi connectivity index (χ1n) is 4.11. The Kier molecular flexibility index (Phi) is 3.51. The van der Waals surface area contributed by atoms with Gasteiger partial charge < -0.3 is 10.1 Å². The first-order valence-corrected chi connectivity index (χ1v) is 4.11. The highest BCUT2D eigenvalue weighted by Gasteiger charge is 2.22. The molecule has 72 valence electrons. The van der Waals surface area contributed by atoms with Crippen LogP contribution in [0.4, 0.5) is 0 Å². The molecule has 1 N–H and O–H groups in total. The average molecular weight is 201 g/mol. The summed E-state index contributed by atoms with van der Waals surface area (Å²) in [4.78, 5) is 4.15. The summed E-state index contributed by atoms with van der Waals surface area (Å²) in [6, 6.07) is 4.04. The predicted octanol–water partition coefficient (Wildman–Crippen LogP) is 1.20. The Hall–Kier alpha value is -0.800. The SMILES string of the molecule is COc1ncccc1C1CNC1.Cl. The molecule has 2 heterocycles. The maximum atomic E-state index is 5.16. The van der Waals surface area contributed by atoms with Crippen molar-refractivity contribution in [2.45, 2.75) is 5.92 Å². The third kappa shape index (κ3) is 1.92. The number of halogens is 1. The monoisotopic (exact) mass is 200 g/mol. The second-order valence-corrected chi connectivity index (χ2v) is 2.96. The lowest BCUT2D eigenvalue weighted by Gasteiger charge is -2.27. The second-order valence-electron chi connectivity index (χ2n) is 2.96. The minimum atomic E-state index is 0. The summed E-state index contributed by atoms with van der Waals surface area (Å²) in [7, 11) is 1.66. The summed E-state index contributed by atoms with van der Waals surface area (Å²) in [5.41, 5.74) is 1.22. The second kappa shape index (κ2) is 4.44. The van der Waals surface area contributed by atoms with Gasteiger partial charge in [-0.15, -0.1) is 12.4 Å². The van der Waals surface area contributed by atoms with Crippen LogP contribution in [-0.2, 0) is 0 Å². The Morgan fingerprint density at radius 2 is 2.31 bits per heavy atom. The van der Waals surface area contributed by atoms with Crippen LogP contribution in [0.1, 0.15) is 11.5 Å². The highest BCUT2D eigenvalue weighted by molar-refractivity contribution is 5.85. The minimum Gasteiger partial charge on any atom is -0.481 e. The lowest BCUT2D eigenvalue weighted by Crippen LogP contribution is -2.40. The van der Waals surface area contributed by atoms with Crippen LogP contribution in [0.5, 0.6) is 5.88 Å². The summed E-state index contributed by atoms with van der Waals surface area (Å²) in [6.07, 6.45) is 1.76.